The summed E-state index contributed by atoms with van der Waals surface area (Å²) in [4.78, 5) is 0. The minimum atomic E-state index is 0.515. The van der Waals surface area contributed by atoms with E-state index >= 15 is 0 Å². The first kappa shape index (κ1) is 14.0. The van der Waals surface area contributed by atoms with Gasteiger partial charge < -0.3 is 5.73 Å². The summed E-state index contributed by atoms with van der Waals surface area (Å²) in [6, 6.07) is 5.80. The Hall–Kier alpha value is -2.64. The molecule has 0 saturated heterocycles. The summed E-state index contributed by atoms with van der Waals surface area (Å²) in [6.45, 7) is 1.14. The van der Waals surface area contributed by atoms with E-state index in [2.05, 4.69) is 20.5 Å². The molecular formula is C15H14ClN7. The van der Waals surface area contributed by atoms with Crippen LogP contribution in [-0.4, -0.2) is 36.3 Å². The van der Waals surface area contributed by atoms with Crippen molar-refractivity contribution in [3.8, 4) is 16.9 Å². The maximum Gasteiger partial charge on any atom is 0.179 e. The number of benzene rings is 1. The second-order valence-electron chi connectivity index (χ2n) is 5.19. The molecule has 0 saturated carbocycles. The van der Waals surface area contributed by atoms with E-state index in [1.54, 1.807) is 10.9 Å². The number of nitrogens with two attached hydrogens (primary N) is 1. The number of hydrogen-bond donors (Lipinski definition) is 2. The summed E-state index contributed by atoms with van der Waals surface area (Å²) in [5, 5.41) is 16.9. The number of hydrogen-bond acceptors (Lipinski definition) is 4. The van der Waals surface area contributed by atoms with Crippen LogP contribution in [0.5, 0.6) is 0 Å². The molecule has 0 aliphatic heterocycles. The summed E-state index contributed by atoms with van der Waals surface area (Å²) in [6.07, 6.45) is 7.53. The summed E-state index contributed by atoms with van der Waals surface area (Å²) >= 11 is 6.18. The van der Waals surface area contributed by atoms with Gasteiger partial charge in [0.05, 0.1) is 24.5 Å². The van der Waals surface area contributed by atoms with Gasteiger partial charge in [0.1, 0.15) is 0 Å². The van der Waals surface area contributed by atoms with Gasteiger partial charge in [0.2, 0.25) is 0 Å². The number of H-pyrrole nitrogens is 1. The van der Waals surface area contributed by atoms with E-state index in [0.717, 1.165) is 27.8 Å². The Morgan fingerprint density at radius 2 is 2.17 bits per heavy atom. The normalized spacial score (nSPS) is 11.4. The highest BCUT2D eigenvalue weighted by atomic mass is 35.5. The zero-order chi connectivity index (χ0) is 15.8. The van der Waals surface area contributed by atoms with E-state index in [4.69, 9.17) is 17.3 Å². The third-order valence-corrected chi connectivity index (χ3v) is 3.94. The zero-order valence-corrected chi connectivity index (χ0v) is 12.9. The average molecular weight is 328 g/mol. The molecular weight excluding hydrogens is 314 g/mol. The van der Waals surface area contributed by atoms with Crippen LogP contribution in [-0.2, 0) is 6.54 Å². The molecule has 3 aromatic heterocycles. The first-order valence-electron chi connectivity index (χ1n) is 7.16. The number of halogens is 1. The highest BCUT2D eigenvalue weighted by Gasteiger charge is 2.14. The van der Waals surface area contributed by atoms with Crippen molar-refractivity contribution in [1.29, 1.82) is 0 Å². The third-order valence-electron chi connectivity index (χ3n) is 3.71. The molecule has 0 unspecified atom stereocenters. The van der Waals surface area contributed by atoms with E-state index in [0.29, 0.717) is 18.1 Å². The van der Waals surface area contributed by atoms with Crippen LogP contribution in [0, 0.1) is 0 Å². The predicted molar refractivity (Wildman–Crippen MR) is 88.5 cm³/mol. The van der Waals surface area contributed by atoms with Crippen LogP contribution in [0.3, 0.4) is 0 Å². The lowest BCUT2D eigenvalue weighted by atomic mass is 10.1. The number of nitrogens with zero attached hydrogens (tertiary/aromatic N) is 5. The van der Waals surface area contributed by atoms with Crippen molar-refractivity contribution in [2.45, 2.75) is 6.54 Å². The van der Waals surface area contributed by atoms with Crippen LogP contribution in [0.15, 0.2) is 43.0 Å². The molecule has 0 atom stereocenters. The van der Waals surface area contributed by atoms with Crippen molar-refractivity contribution >= 4 is 22.5 Å². The van der Waals surface area contributed by atoms with Crippen LogP contribution >= 0.6 is 11.6 Å². The SMILES string of the molecule is NCCn1cc(-n2cc(-c3cn[nH]c3)c3ccc(Cl)cc32)nn1. The highest BCUT2D eigenvalue weighted by Crippen LogP contribution is 2.33. The van der Waals surface area contributed by atoms with Crippen LogP contribution in [0.4, 0.5) is 0 Å². The first-order chi connectivity index (χ1) is 11.3. The maximum atomic E-state index is 6.18. The Morgan fingerprint density at radius 1 is 1.26 bits per heavy atom. The molecule has 1 aromatic carbocycles. The van der Waals surface area contributed by atoms with E-state index < -0.39 is 0 Å². The summed E-state index contributed by atoms with van der Waals surface area (Å²) in [5.74, 6) is 0.723. The fourth-order valence-electron chi connectivity index (χ4n) is 2.66. The van der Waals surface area contributed by atoms with Crippen LogP contribution in [0.1, 0.15) is 0 Å². The molecule has 3 heterocycles. The van der Waals surface area contributed by atoms with E-state index in [9.17, 15) is 0 Å². The van der Waals surface area contributed by atoms with Gasteiger partial charge in [-0.3, -0.25) is 9.67 Å². The largest absolute Gasteiger partial charge is 0.329 e. The van der Waals surface area contributed by atoms with Crippen molar-refractivity contribution in [3.63, 3.8) is 0 Å². The zero-order valence-electron chi connectivity index (χ0n) is 12.1. The van der Waals surface area contributed by atoms with E-state index in [-0.39, 0.29) is 0 Å². The molecule has 0 aliphatic rings. The molecule has 23 heavy (non-hydrogen) atoms. The summed E-state index contributed by atoms with van der Waals surface area (Å²) in [5.41, 5.74) is 8.59. The minimum Gasteiger partial charge on any atom is -0.329 e. The van der Waals surface area contributed by atoms with Crippen LogP contribution in [0.25, 0.3) is 27.8 Å². The van der Waals surface area contributed by atoms with Gasteiger partial charge in [0, 0.05) is 40.5 Å². The molecule has 0 radical (unpaired) electrons. The molecule has 0 aliphatic carbocycles. The highest BCUT2D eigenvalue weighted by molar-refractivity contribution is 6.31. The van der Waals surface area contributed by atoms with Crippen LogP contribution in [0.2, 0.25) is 5.02 Å². The monoisotopic (exact) mass is 327 g/mol. The molecule has 8 heteroatoms. The Bertz CT molecular complexity index is 952. The van der Waals surface area contributed by atoms with Gasteiger partial charge in [0.15, 0.2) is 5.82 Å². The standard InChI is InChI=1S/C15H14ClN7/c16-11-1-2-12-13(10-6-18-19-7-10)8-23(14(12)5-11)15-9-22(4-3-17)21-20-15/h1-2,5-9H,3-4,17H2,(H,18,19). The van der Waals surface area contributed by atoms with Gasteiger partial charge in [-0.1, -0.05) is 22.9 Å². The minimum absolute atomic E-state index is 0.515. The molecule has 116 valence electrons. The number of aromatic amines is 1. The van der Waals surface area contributed by atoms with Gasteiger partial charge in [-0.25, -0.2) is 4.68 Å². The maximum absolute atomic E-state index is 6.18. The Balaban J connectivity index is 1.93. The summed E-state index contributed by atoms with van der Waals surface area (Å²) in [7, 11) is 0. The van der Waals surface area contributed by atoms with E-state index in [1.807, 2.05) is 41.4 Å². The van der Waals surface area contributed by atoms with Gasteiger partial charge in [-0.05, 0) is 12.1 Å². The van der Waals surface area contributed by atoms with Crippen molar-refractivity contribution in [2.75, 3.05) is 6.54 Å². The molecule has 4 rings (SSSR count). The number of rotatable bonds is 4. The second-order valence-corrected chi connectivity index (χ2v) is 5.63. The molecule has 7 nitrogen and oxygen atoms in total. The fourth-order valence-corrected chi connectivity index (χ4v) is 2.82. The van der Waals surface area contributed by atoms with Gasteiger partial charge in [-0.15, -0.1) is 5.10 Å². The lowest BCUT2D eigenvalue weighted by Gasteiger charge is -2.00. The fraction of sp³-hybridized carbons (Fsp3) is 0.133. The number of nitrogens with one attached hydrogen (secondary N) is 1. The van der Waals surface area contributed by atoms with E-state index in [1.165, 1.54) is 0 Å². The molecule has 4 aromatic rings. The number of fused-ring (bicyclic) bond motifs is 1. The molecule has 0 amide bonds. The Morgan fingerprint density at radius 3 is 2.96 bits per heavy atom. The Labute approximate surface area is 136 Å². The number of aromatic nitrogens is 6. The Kier molecular flexibility index (Phi) is 3.36. The third kappa shape index (κ3) is 2.39. The topological polar surface area (TPSA) is 90.3 Å². The first-order valence-corrected chi connectivity index (χ1v) is 7.54. The van der Waals surface area contributed by atoms with Gasteiger partial charge in [-0.2, -0.15) is 5.10 Å². The molecule has 3 N–H and O–H groups in total. The lowest BCUT2D eigenvalue weighted by Crippen LogP contribution is -2.10. The van der Waals surface area contributed by atoms with Crippen molar-refractivity contribution < 1.29 is 0 Å². The predicted octanol–water partition coefficient (Wildman–Crippen LogP) is 2.22. The van der Waals surface area contributed by atoms with Crippen molar-refractivity contribution in [1.82, 2.24) is 29.8 Å². The average Bonchev–Trinajstić information content (AvgIpc) is 3.25. The van der Waals surface area contributed by atoms with Crippen LogP contribution < -0.4 is 5.73 Å². The molecule has 0 spiro atoms. The quantitative estimate of drug-likeness (QED) is 0.601. The smallest absolute Gasteiger partial charge is 0.179 e. The van der Waals surface area contributed by atoms with Gasteiger partial charge in [0.25, 0.3) is 0 Å². The summed E-state index contributed by atoms with van der Waals surface area (Å²) < 4.78 is 3.70. The van der Waals surface area contributed by atoms with Crippen molar-refractivity contribution in [3.05, 3.63) is 48.0 Å². The molecule has 0 fully saturated rings. The lowest BCUT2D eigenvalue weighted by molar-refractivity contribution is 0.598. The van der Waals surface area contributed by atoms with Gasteiger partial charge >= 0.3 is 0 Å². The second kappa shape index (κ2) is 5.53. The van der Waals surface area contributed by atoms with Crippen molar-refractivity contribution in [2.24, 2.45) is 5.73 Å². The molecule has 0 bridgehead atoms.